The van der Waals surface area contributed by atoms with Crippen molar-refractivity contribution in [3.05, 3.63) is 41.6 Å². The van der Waals surface area contributed by atoms with Crippen LogP contribution >= 0.6 is 0 Å². The van der Waals surface area contributed by atoms with Crippen molar-refractivity contribution in [3.63, 3.8) is 0 Å². The van der Waals surface area contributed by atoms with Gasteiger partial charge in [-0.3, -0.25) is 9.48 Å². The first-order valence-corrected chi connectivity index (χ1v) is 10.3. The molecule has 0 unspecified atom stereocenters. The molecule has 9 nitrogen and oxygen atoms in total. The average molecular weight is 409 g/mol. The molecule has 0 radical (unpaired) electrons. The van der Waals surface area contributed by atoms with E-state index in [1.54, 1.807) is 30.2 Å². The first kappa shape index (κ1) is 20.1. The number of nitrogens with zero attached hydrogens (tertiary/aromatic N) is 6. The molecule has 1 aliphatic rings. The first-order valence-electron chi connectivity index (χ1n) is 10.3. The lowest BCUT2D eigenvalue weighted by Crippen LogP contribution is -2.39. The van der Waals surface area contributed by atoms with Gasteiger partial charge in [-0.1, -0.05) is 5.16 Å². The molecule has 0 atom stereocenters. The molecule has 30 heavy (non-hydrogen) atoms. The summed E-state index contributed by atoms with van der Waals surface area (Å²) in [5.41, 5.74) is 3.23. The Bertz CT molecular complexity index is 1030. The second-order valence-electron chi connectivity index (χ2n) is 8.03. The molecule has 4 rings (SSSR count). The Morgan fingerprint density at radius 2 is 2.07 bits per heavy atom. The van der Waals surface area contributed by atoms with Crippen LogP contribution in [0.1, 0.15) is 54.5 Å². The zero-order valence-corrected chi connectivity index (χ0v) is 17.8. The van der Waals surface area contributed by atoms with Crippen molar-refractivity contribution in [2.24, 2.45) is 7.05 Å². The second-order valence-corrected chi connectivity index (χ2v) is 8.03. The fraction of sp³-hybridized carbons (Fsp3) is 0.476. The molecule has 3 aromatic heterocycles. The molecule has 0 saturated carbocycles. The highest BCUT2D eigenvalue weighted by molar-refractivity contribution is 5.92. The zero-order chi connectivity index (χ0) is 21.3. The van der Waals surface area contributed by atoms with E-state index in [-0.39, 0.29) is 17.9 Å². The largest absolute Gasteiger partial charge is 0.356 e. The van der Waals surface area contributed by atoms with E-state index in [1.165, 1.54) is 0 Å². The minimum atomic E-state index is 0.0179. The van der Waals surface area contributed by atoms with E-state index in [0.29, 0.717) is 30.5 Å². The van der Waals surface area contributed by atoms with Gasteiger partial charge in [0.25, 0.3) is 5.91 Å². The molecule has 4 heterocycles. The Balaban J connectivity index is 1.57. The molecule has 1 N–H and O–H groups in total. The van der Waals surface area contributed by atoms with Crippen molar-refractivity contribution in [2.75, 3.05) is 18.4 Å². The Labute approximate surface area is 175 Å². The molecule has 3 aromatic rings. The van der Waals surface area contributed by atoms with E-state index in [0.717, 1.165) is 29.8 Å². The number of nitrogens with one attached hydrogen (secondary N) is 1. The molecule has 1 amide bonds. The molecular formula is C21H27N7O2. The van der Waals surface area contributed by atoms with Crippen LogP contribution in [0.2, 0.25) is 0 Å². The highest BCUT2D eigenvalue weighted by Crippen LogP contribution is 2.35. The SMILES string of the molecule is Cc1cc(-c2cnc(NC(C)C)nc2C2CCN(C(=O)c3ccnn3C)CC2)on1. The smallest absolute Gasteiger partial charge is 0.272 e. The van der Waals surface area contributed by atoms with Gasteiger partial charge in [-0.15, -0.1) is 0 Å². The number of aryl methyl sites for hydroxylation is 2. The number of rotatable bonds is 5. The summed E-state index contributed by atoms with van der Waals surface area (Å²) in [4.78, 5) is 24.0. The average Bonchev–Trinajstić information content (AvgIpc) is 3.35. The predicted octanol–water partition coefficient (Wildman–Crippen LogP) is 3.01. The molecule has 9 heteroatoms. The van der Waals surface area contributed by atoms with Gasteiger partial charge in [-0.05, 0) is 39.7 Å². The summed E-state index contributed by atoms with van der Waals surface area (Å²) < 4.78 is 7.12. The van der Waals surface area contributed by atoms with E-state index in [9.17, 15) is 4.79 Å². The summed E-state index contributed by atoms with van der Waals surface area (Å²) >= 11 is 0. The first-order chi connectivity index (χ1) is 14.4. The van der Waals surface area contributed by atoms with Crippen LogP contribution in [-0.2, 0) is 7.05 Å². The van der Waals surface area contributed by atoms with Gasteiger partial charge in [0.1, 0.15) is 5.69 Å². The molecule has 0 spiro atoms. The van der Waals surface area contributed by atoms with Crippen LogP contribution in [0.25, 0.3) is 11.3 Å². The number of piperidine rings is 1. The van der Waals surface area contributed by atoms with Gasteiger partial charge in [-0.25, -0.2) is 9.97 Å². The van der Waals surface area contributed by atoms with Crippen molar-refractivity contribution in [3.8, 4) is 11.3 Å². The minimum Gasteiger partial charge on any atom is -0.356 e. The summed E-state index contributed by atoms with van der Waals surface area (Å²) in [5, 5.41) is 11.4. The van der Waals surface area contributed by atoms with Gasteiger partial charge in [0.2, 0.25) is 5.95 Å². The van der Waals surface area contributed by atoms with Crippen LogP contribution in [0.5, 0.6) is 0 Å². The van der Waals surface area contributed by atoms with Crippen LogP contribution in [0, 0.1) is 6.92 Å². The number of carbonyl (C=O) groups excluding carboxylic acids is 1. The number of anilines is 1. The lowest BCUT2D eigenvalue weighted by Gasteiger charge is -2.32. The number of carbonyl (C=O) groups is 1. The number of hydrogen-bond acceptors (Lipinski definition) is 7. The second kappa shape index (κ2) is 8.25. The van der Waals surface area contributed by atoms with E-state index in [2.05, 4.69) is 34.4 Å². The van der Waals surface area contributed by atoms with Crippen molar-refractivity contribution in [2.45, 2.75) is 45.6 Å². The third-order valence-corrected chi connectivity index (χ3v) is 5.34. The number of hydrogen-bond donors (Lipinski definition) is 1. The highest BCUT2D eigenvalue weighted by atomic mass is 16.5. The van der Waals surface area contributed by atoms with E-state index >= 15 is 0 Å². The molecule has 1 aliphatic heterocycles. The van der Waals surface area contributed by atoms with Gasteiger partial charge >= 0.3 is 0 Å². The number of likely N-dealkylation sites (tertiary alicyclic amines) is 1. The van der Waals surface area contributed by atoms with Gasteiger partial charge in [-0.2, -0.15) is 5.10 Å². The zero-order valence-electron chi connectivity index (χ0n) is 17.8. The number of amides is 1. The topological polar surface area (TPSA) is 102 Å². The Kier molecular flexibility index (Phi) is 5.52. The van der Waals surface area contributed by atoms with Crippen LogP contribution in [0.3, 0.4) is 0 Å². The maximum absolute atomic E-state index is 12.8. The van der Waals surface area contributed by atoms with Gasteiger partial charge in [0, 0.05) is 50.6 Å². The quantitative estimate of drug-likeness (QED) is 0.691. The van der Waals surface area contributed by atoms with Crippen LogP contribution in [0.15, 0.2) is 29.0 Å². The molecule has 0 aliphatic carbocycles. The summed E-state index contributed by atoms with van der Waals surface area (Å²) in [5.74, 6) is 1.50. The summed E-state index contributed by atoms with van der Waals surface area (Å²) in [6, 6.07) is 3.89. The summed E-state index contributed by atoms with van der Waals surface area (Å²) in [7, 11) is 1.79. The normalized spacial score (nSPS) is 15.0. The van der Waals surface area contributed by atoms with Crippen LogP contribution < -0.4 is 5.32 Å². The maximum Gasteiger partial charge on any atom is 0.272 e. The monoisotopic (exact) mass is 409 g/mol. The molecule has 0 bridgehead atoms. The fourth-order valence-corrected chi connectivity index (χ4v) is 3.82. The standard InChI is InChI=1S/C21H27N7O2/c1-13(2)24-21-22-12-16(18-11-14(3)26-30-18)19(25-21)15-6-9-28(10-7-15)20(29)17-5-8-23-27(17)4/h5,8,11-13,15H,6-7,9-10H2,1-4H3,(H,22,24,25). The summed E-state index contributed by atoms with van der Waals surface area (Å²) in [6.45, 7) is 7.34. The summed E-state index contributed by atoms with van der Waals surface area (Å²) in [6.07, 6.45) is 5.10. The molecule has 1 saturated heterocycles. The van der Waals surface area contributed by atoms with Gasteiger partial charge in [0.15, 0.2) is 5.76 Å². The fourth-order valence-electron chi connectivity index (χ4n) is 3.82. The van der Waals surface area contributed by atoms with E-state index in [1.807, 2.05) is 17.9 Å². The van der Waals surface area contributed by atoms with Crippen molar-refractivity contribution < 1.29 is 9.32 Å². The molecule has 1 fully saturated rings. The lowest BCUT2D eigenvalue weighted by molar-refractivity contribution is 0.0701. The van der Waals surface area contributed by atoms with Crippen LogP contribution in [-0.4, -0.2) is 54.8 Å². The van der Waals surface area contributed by atoms with Crippen LogP contribution in [0.4, 0.5) is 5.95 Å². The van der Waals surface area contributed by atoms with Gasteiger partial charge in [0.05, 0.1) is 17.0 Å². The van der Waals surface area contributed by atoms with E-state index in [4.69, 9.17) is 9.51 Å². The third kappa shape index (κ3) is 4.05. The minimum absolute atomic E-state index is 0.0179. The predicted molar refractivity (Wildman–Crippen MR) is 112 cm³/mol. The number of aromatic nitrogens is 5. The molecule has 158 valence electrons. The lowest BCUT2D eigenvalue weighted by atomic mass is 9.90. The van der Waals surface area contributed by atoms with Gasteiger partial charge < -0.3 is 14.7 Å². The Hall–Kier alpha value is -3.23. The van der Waals surface area contributed by atoms with Crippen molar-refractivity contribution >= 4 is 11.9 Å². The van der Waals surface area contributed by atoms with Crippen molar-refractivity contribution in [1.29, 1.82) is 0 Å². The van der Waals surface area contributed by atoms with Crippen molar-refractivity contribution in [1.82, 2.24) is 29.8 Å². The molecule has 0 aromatic carbocycles. The third-order valence-electron chi connectivity index (χ3n) is 5.34. The highest BCUT2D eigenvalue weighted by Gasteiger charge is 2.29. The maximum atomic E-state index is 12.8. The Morgan fingerprint density at radius 3 is 2.67 bits per heavy atom. The van der Waals surface area contributed by atoms with E-state index < -0.39 is 0 Å². The molecular weight excluding hydrogens is 382 g/mol. The Morgan fingerprint density at radius 1 is 1.30 bits per heavy atom.